The Balaban J connectivity index is 2.16. The zero-order valence-corrected chi connectivity index (χ0v) is 11.7. The first-order valence-corrected chi connectivity index (χ1v) is 7.13. The van der Waals surface area contributed by atoms with Crippen LogP contribution in [-0.4, -0.2) is 0 Å². The van der Waals surface area contributed by atoms with Crippen LogP contribution in [0.15, 0.2) is 52.9 Å². The lowest BCUT2D eigenvalue weighted by Crippen LogP contribution is -1.98. The predicted molar refractivity (Wildman–Crippen MR) is 83.5 cm³/mol. The largest absolute Gasteiger partial charge is 0.459 e. The van der Waals surface area contributed by atoms with Crippen LogP contribution in [0.25, 0.3) is 22.1 Å². The van der Waals surface area contributed by atoms with Gasteiger partial charge in [-0.15, -0.1) is 0 Å². The van der Waals surface area contributed by atoms with Gasteiger partial charge in [-0.1, -0.05) is 49.7 Å². The molecule has 1 heterocycles. The number of hydrogen-bond acceptors (Lipinski definition) is 2. The van der Waals surface area contributed by atoms with Crippen LogP contribution >= 0.6 is 0 Å². The molecule has 2 N–H and O–H groups in total. The molecule has 0 radical (unpaired) electrons. The molecule has 2 heteroatoms. The zero-order chi connectivity index (χ0) is 13.9. The third kappa shape index (κ3) is 2.23. The van der Waals surface area contributed by atoms with E-state index in [1.165, 1.54) is 22.1 Å². The molecule has 0 aliphatic carbocycles. The average molecular weight is 265 g/mol. The molecule has 0 saturated heterocycles. The van der Waals surface area contributed by atoms with E-state index < -0.39 is 0 Å². The summed E-state index contributed by atoms with van der Waals surface area (Å²) >= 11 is 0. The fourth-order valence-electron chi connectivity index (χ4n) is 2.70. The summed E-state index contributed by atoms with van der Waals surface area (Å²) < 4.78 is 5.87. The van der Waals surface area contributed by atoms with E-state index in [0.717, 1.165) is 24.2 Å². The summed E-state index contributed by atoms with van der Waals surface area (Å²) in [6.07, 6.45) is 2.11. The van der Waals surface area contributed by atoms with Gasteiger partial charge in [0.1, 0.15) is 11.3 Å². The Morgan fingerprint density at radius 2 is 1.80 bits per heavy atom. The molecule has 102 valence electrons. The van der Waals surface area contributed by atoms with Crippen molar-refractivity contribution in [1.29, 1.82) is 0 Å². The van der Waals surface area contributed by atoms with Crippen molar-refractivity contribution < 1.29 is 4.42 Å². The van der Waals surface area contributed by atoms with Gasteiger partial charge in [0.15, 0.2) is 0 Å². The highest BCUT2D eigenvalue weighted by Gasteiger charge is 2.13. The lowest BCUT2D eigenvalue weighted by Gasteiger charge is -2.02. The van der Waals surface area contributed by atoms with E-state index in [1.54, 1.807) is 0 Å². The van der Waals surface area contributed by atoms with Gasteiger partial charge in [0.05, 0.1) is 6.54 Å². The standard InChI is InChI=1S/C18H19NO/c1-2-6-15-16-11-14(13-7-4-3-5-8-13)9-10-17(16)20-18(15)12-19/h3-5,7-11H,2,6,12,19H2,1H3. The van der Waals surface area contributed by atoms with Crippen molar-refractivity contribution in [3.8, 4) is 11.1 Å². The number of benzene rings is 2. The number of hydrogen-bond donors (Lipinski definition) is 1. The van der Waals surface area contributed by atoms with Gasteiger partial charge in [-0.05, 0) is 29.7 Å². The lowest BCUT2D eigenvalue weighted by molar-refractivity contribution is 0.545. The van der Waals surface area contributed by atoms with Gasteiger partial charge in [-0.3, -0.25) is 0 Å². The molecule has 0 spiro atoms. The van der Waals surface area contributed by atoms with Gasteiger partial charge in [-0.25, -0.2) is 0 Å². The number of nitrogens with two attached hydrogens (primary N) is 1. The van der Waals surface area contributed by atoms with Crippen molar-refractivity contribution in [2.45, 2.75) is 26.3 Å². The van der Waals surface area contributed by atoms with Gasteiger partial charge >= 0.3 is 0 Å². The van der Waals surface area contributed by atoms with Crippen LogP contribution in [0.2, 0.25) is 0 Å². The fraction of sp³-hybridized carbons (Fsp3) is 0.222. The van der Waals surface area contributed by atoms with Crippen LogP contribution in [0.1, 0.15) is 24.7 Å². The Labute approximate surface area is 119 Å². The molecular formula is C18H19NO. The zero-order valence-electron chi connectivity index (χ0n) is 11.7. The lowest BCUT2D eigenvalue weighted by atomic mass is 10.0. The first-order valence-electron chi connectivity index (χ1n) is 7.13. The van der Waals surface area contributed by atoms with Crippen molar-refractivity contribution in [3.05, 3.63) is 59.9 Å². The van der Waals surface area contributed by atoms with Crippen LogP contribution < -0.4 is 5.73 Å². The molecular weight excluding hydrogens is 246 g/mol. The Bertz CT molecular complexity index is 713. The molecule has 0 saturated carbocycles. The number of fused-ring (bicyclic) bond motifs is 1. The third-order valence-corrected chi connectivity index (χ3v) is 3.67. The van der Waals surface area contributed by atoms with E-state index in [4.69, 9.17) is 10.2 Å². The summed E-state index contributed by atoms with van der Waals surface area (Å²) in [6.45, 7) is 2.64. The molecule has 0 unspecified atom stereocenters. The number of furan rings is 1. The van der Waals surface area contributed by atoms with E-state index in [2.05, 4.69) is 49.4 Å². The van der Waals surface area contributed by atoms with E-state index in [1.807, 2.05) is 6.07 Å². The summed E-state index contributed by atoms with van der Waals surface area (Å²) in [5.41, 5.74) is 10.5. The van der Waals surface area contributed by atoms with Crippen molar-refractivity contribution in [2.75, 3.05) is 0 Å². The monoisotopic (exact) mass is 265 g/mol. The van der Waals surface area contributed by atoms with Crippen LogP contribution in [-0.2, 0) is 13.0 Å². The van der Waals surface area contributed by atoms with Crippen LogP contribution in [0.3, 0.4) is 0 Å². The highest BCUT2D eigenvalue weighted by Crippen LogP contribution is 2.31. The van der Waals surface area contributed by atoms with Gasteiger partial charge in [0.2, 0.25) is 0 Å². The van der Waals surface area contributed by atoms with E-state index in [9.17, 15) is 0 Å². The van der Waals surface area contributed by atoms with Gasteiger partial charge in [0, 0.05) is 10.9 Å². The minimum absolute atomic E-state index is 0.463. The fourth-order valence-corrected chi connectivity index (χ4v) is 2.70. The predicted octanol–water partition coefficient (Wildman–Crippen LogP) is 4.51. The Morgan fingerprint density at radius 1 is 1.00 bits per heavy atom. The third-order valence-electron chi connectivity index (χ3n) is 3.67. The molecule has 20 heavy (non-hydrogen) atoms. The van der Waals surface area contributed by atoms with Crippen LogP contribution in [0.4, 0.5) is 0 Å². The minimum Gasteiger partial charge on any atom is -0.459 e. The van der Waals surface area contributed by atoms with Crippen LogP contribution in [0.5, 0.6) is 0 Å². The molecule has 1 aromatic heterocycles. The summed E-state index contributed by atoms with van der Waals surface area (Å²) in [6, 6.07) is 16.8. The molecule has 0 aliphatic rings. The van der Waals surface area contributed by atoms with Crippen LogP contribution in [0, 0.1) is 0 Å². The molecule has 0 atom stereocenters. The van der Waals surface area contributed by atoms with Gasteiger partial charge in [0.25, 0.3) is 0 Å². The smallest absolute Gasteiger partial charge is 0.134 e. The van der Waals surface area contributed by atoms with Crippen molar-refractivity contribution in [1.82, 2.24) is 0 Å². The quantitative estimate of drug-likeness (QED) is 0.753. The molecule has 0 bridgehead atoms. The first kappa shape index (κ1) is 12.9. The molecule has 0 amide bonds. The first-order chi connectivity index (χ1) is 9.83. The summed E-state index contributed by atoms with van der Waals surface area (Å²) in [7, 11) is 0. The van der Waals surface area contributed by atoms with Gasteiger partial charge in [-0.2, -0.15) is 0 Å². The highest BCUT2D eigenvalue weighted by molar-refractivity contribution is 5.87. The second-order valence-electron chi connectivity index (χ2n) is 5.03. The summed E-state index contributed by atoms with van der Waals surface area (Å²) in [5, 5.41) is 1.20. The maximum Gasteiger partial charge on any atom is 0.134 e. The summed E-state index contributed by atoms with van der Waals surface area (Å²) in [5.74, 6) is 0.923. The van der Waals surface area contributed by atoms with E-state index in [-0.39, 0.29) is 0 Å². The van der Waals surface area contributed by atoms with Crippen molar-refractivity contribution in [3.63, 3.8) is 0 Å². The Hall–Kier alpha value is -2.06. The SMILES string of the molecule is CCCc1c(CN)oc2ccc(-c3ccccc3)cc12. The molecule has 3 aromatic rings. The minimum atomic E-state index is 0.463. The topological polar surface area (TPSA) is 39.2 Å². The second-order valence-corrected chi connectivity index (χ2v) is 5.03. The molecule has 2 nitrogen and oxygen atoms in total. The molecule has 0 fully saturated rings. The van der Waals surface area contributed by atoms with E-state index in [0.29, 0.717) is 6.54 Å². The molecule has 0 aliphatic heterocycles. The second kappa shape index (κ2) is 5.51. The highest BCUT2D eigenvalue weighted by atomic mass is 16.3. The van der Waals surface area contributed by atoms with Crippen molar-refractivity contribution in [2.24, 2.45) is 5.73 Å². The van der Waals surface area contributed by atoms with E-state index >= 15 is 0 Å². The maximum absolute atomic E-state index is 5.87. The molecule has 2 aromatic carbocycles. The number of aryl methyl sites for hydroxylation is 1. The van der Waals surface area contributed by atoms with Crippen molar-refractivity contribution >= 4 is 11.0 Å². The Morgan fingerprint density at radius 3 is 2.50 bits per heavy atom. The maximum atomic E-state index is 5.87. The average Bonchev–Trinajstić information content (AvgIpc) is 2.86. The molecule has 3 rings (SSSR count). The number of rotatable bonds is 4. The Kier molecular flexibility index (Phi) is 3.57. The van der Waals surface area contributed by atoms with Gasteiger partial charge < -0.3 is 10.2 Å². The normalized spacial score (nSPS) is 11.1. The summed E-state index contributed by atoms with van der Waals surface area (Å²) in [4.78, 5) is 0.